The zero-order valence-electron chi connectivity index (χ0n) is 7.78. The van der Waals surface area contributed by atoms with Crippen LogP contribution in [-0.4, -0.2) is 5.37 Å². The van der Waals surface area contributed by atoms with Crippen molar-refractivity contribution in [2.75, 3.05) is 0 Å². The molecule has 1 aromatic rings. The highest BCUT2D eigenvalue weighted by Gasteiger charge is 2.10. The number of allylic oxidation sites excluding steroid dienone is 2. The first-order valence-electron chi connectivity index (χ1n) is 4.47. The third-order valence-corrected chi connectivity index (χ3v) is 3.03. The molecule has 0 fully saturated rings. The van der Waals surface area contributed by atoms with Crippen LogP contribution in [0.15, 0.2) is 47.5 Å². The van der Waals surface area contributed by atoms with Gasteiger partial charge in [-0.25, -0.2) is 8.78 Å². The number of benzene rings is 1. The van der Waals surface area contributed by atoms with Crippen LogP contribution in [0.25, 0.3) is 0 Å². The molecule has 0 aliphatic carbocycles. The molecular formula is C11H9F2NS. The molecule has 1 heterocycles. The van der Waals surface area contributed by atoms with Crippen molar-refractivity contribution in [3.8, 4) is 0 Å². The quantitative estimate of drug-likeness (QED) is 0.830. The van der Waals surface area contributed by atoms with Gasteiger partial charge in [-0.15, -0.1) is 0 Å². The molecule has 0 radical (unpaired) electrons. The van der Waals surface area contributed by atoms with Crippen molar-refractivity contribution in [3.05, 3.63) is 54.3 Å². The molecule has 15 heavy (non-hydrogen) atoms. The van der Waals surface area contributed by atoms with Crippen molar-refractivity contribution in [1.29, 1.82) is 0 Å². The molecular weight excluding hydrogens is 216 g/mol. The van der Waals surface area contributed by atoms with E-state index in [4.69, 9.17) is 0 Å². The average Bonchev–Trinajstić information content (AvgIpc) is 2.24. The molecule has 0 aromatic heterocycles. The number of hydrogen-bond acceptors (Lipinski definition) is 2. The molecule has 1 nitrogen and oxygen atoms in total. The van der Waals surface area contributed by atoms with Crippen molar-refractivity contribution in [3.63, 3.8) is 0 Å². The van der Waals surface area contributed by atoms with Gasteiger partial charge in [0.1, 0.15) is 11.6 Å². The molecule has 2 rings (SSSR count). The standard InChI is InChI=1S/C11H9F2NS/c12-8-4-5-10(9(13)7-8)15-11-3-1-2-6-14-11/h1-7,11,14H. The highest BCUT2D eigenvalue weighted by atomic mass is 32.2. The Hall–Kier alpha value is -1.29. The molecule has 1 unspecified atom stereocenters. The Bertz CT molecular complexity index is 415. The van der Waals surface area contributed by atoms with Crippen molar-refractivity contribution < 1.29 is 8.78 Å². The highest BCUT2D eigenvalue weighted by Crippen LogP contribution is 2.26. The van der Waals surface area contributed by atoms with Crippen LogP contribution in [0, 0.1) is 11.6 Å². The van der Waals surface area contributed by atoms with Crippen LogP contribution in [0.5, 0.6) is 0 Å². The Balaban J connectivity index is 2.10. The van der Waals surface area contributed by atoms with E-state index in [-0.39, 0.29) is 5.37 Å². The fourth-order valence-electron chi connectivity index (χ4n) is 1.21. The number of nitrogens with one attached hydrogen (secondary N) is 1. The van der Waals surface area contributed by atoms with E-state index in [1.165, 1.54) is 23.9 Å². The van der Waals surface area contributed by atoms with Gasteiger partial charge >= 0.3 is 0 Å². The average molecular weight is 225 g/mol. The second kappa shape index (κ2) is 4.49. The smallest absolute Gasteiger partial charge is 0.139 e. The van der Waals surface area contributed by atoms with Gasteiger partial charge in [-0.05, 0) is 24.4 Å². The summed E-state index contributed by atoms with van der Waals surface area (Å²) in [5.74, 6) is -1.08. The van der Waals surface area contributed by atoms with Crippen LogP contribution in [0.2, 0.25) is 0 Å². The lowest BCUT2D eigenvalue weighted by atomic mass is 10.3. The second-order valence-electron chi connectivity index (χ2n) is 3.02. The Morgan fingerprint density at radius 1 is 1.20 bits per heavy atom. The summed E-state index contributed by atoms with van der Waals surface area (Å²) in [6, 6.07) is 3.60. The molecule has 1 aromatic carbocycles. The molecule has 0 saturated heterocycles. The van der Waals surface area contributed by atoms with E-state index >= 15 is 0 Å². The fourth-order valence-corrected chi connectivity index (χ4v) is 2.12. The summed E-state index contributed by atoms with van der Waals surface area (Å²) in [7, 11) is 0. The molecule has 0 bridgehead atoms. The molecule has 0 amide bonds. The molecule has 0 spiro atoms. The highest BCUT2D eigenvalue weighted by molar-refractivity contribution is 8.00. The van der Waals surface area contributed by atoms with Gasteiger partial charge in [0.05, 0.1) is 5.37 Å². The van der Waals surface area contributed by atoms with Gasteiger partial charge < -0.3 is 5.32 Å². The van der Waals surface area contributed by atoms with Gasteiger partial charge in [0.15, 0.2) is 0 Å². The van der Waals surface area contributed by atoms with E-state index in [2.05, 4.69) is 5.32 Å². The SMILES string of the molecule is Fc1ccc(SC2C=CC=CN2)c(F)c1. The van der Waals surface area contributed by atoms with Crippen LogP contribution in [0.3, 0.4) is 0 Å². The maximum absolute atomic E-state index is 13.3. The van der Waals surface area contributed by atoms with E-state index in [9.17, 15) is 8.78 Å². The summed E-state index contributed by atoms with van der Waals surface area (Å²) in [6.07, 6.45) is 7.44. The predicted octanol–water partition coefficient (Wildman–Crippen LogP) is 3.06. The lowest BCUT2D eigenvalue weighted by Crippen LogP contribution is -2.19. The van der Waals surface area contributed by atoms with Gasteiger partial charge in [0, 0.05) is 11.0 Å². The van der Waals surface area contributed by atoms with E-state index in [1.54, 1.807) is 6.20 Å². The molecule has 4 heteroatoms. The normalized spacial score (nSPS) is 18.9. The Labute approximate surface area is 90.9 Å². The maximum Gasteiger partial charge on any atom is 0.139 e. The van der Waals surface area contributed by atoms with Crippen molar-refractivity contribution in [2.24, 2.45) is 0 Å². The molecule has 1 aliphatic rings. The van der Waals surface area contributed by atoms with Crippen molar-refractivity contribution >= 4 is 11.8 Å². The minimum atomic E-state index is -0.552. The number of hydrogen-bond donors (Lipinski definition) is 1. The van der Waals surface area contributed by atoms with Crippen LogP contribution in [0.1, 0.15) is 0 Å². The third-order valence-electron chi connectivity index (χ3n) is 1.90. The van der Waals surface area contributed by atoms with E-state index in [0.717, 1.165) is 6.07 Å². The lowest BCUT2D eigenvalue weighted by molar-refractivity contribution is 0.565. The number of dihydropyridines is 1. The van der Waals surface area contributed by atoms with Crippen LogP contribution in [-0.2, 0) is 0 Å². The molecule has 78 valence electrons. The fraction of sp³-hybridized carbons (Fsp3) is 0.0909. The summed E-state index contributed by atoms with van der Waals surface area (Å²) in [5, 5.41) is 3.04. The Morgan fingerprint density at radius 2 is 2.07 bits per heavy atom. The molecule has 1 atom stereocenters. The lowest BCUT2D eigenvalue weighted by Gasteiger charge is -2.15. The van der Waals surface area contributed by atoms with E-state index in [0.29, 0.717) is 4.90 Å². The van der Waals surface area contributed by atoms with Gasteiger partial charge in [-0.2, -0.15) is 0 Å². The first-order valence-corrected chi connectivity index (χ1v) is 5.35. The number of rotatable bonds is 2. The summed E-state index contributed by atoms with van der Waals surface area (Å²) in [4.78, 5) is 0.439. The zero-order chi connectivity index (χ0) is 10.7. The second-order valence-corrected chi connectivity index (χ2v) is 4.21. The Morgan fingerprint density at radius 3 is 2.73 bits per heavy atom. The Kier molecular flexibility index (Phi) is 3.06. The van der Waals surface area contributed by atoms with Gasteiger partial charge in [-0.3, -0.25) is 0 Å². The van der Waals surface area contributed by atoms with Gasteiger partial charge in [0.2, 0.25) is 0 Å². The van der Waals surface area contributed by atoms with Crippen LogP contribution >= 0.6 is 11.8 Å². The topological polar surface area (TPSA) is 12.0 Å². The number of thioether (sulfide) groups is 1. The number of halogens is 2. The minimum Gasteiger partial charge on any atom is -0.376 e. The maximum atomic E-state index is 13.3. The van der Waals surface area contributed by atoms with Gasteiger partial charge in [-0.1, -0.05) is 23.9 Å². The molecule has 1 aliphatic heterocycles. The minimum absolute atomic E-state index is 0.00467. The largest absolute Gasteiger partial charge is 0.376 e. The zero-order valence-corrected chi connectivity index (χ0v) is 8.60. The molecule has 1 N–H and O–H groups in total. The summed E-state index contributed by atoms with van der Waals surface area (Å²) in [5.41, 5.74) is 0. The summed E-state index contributed by atoms with van der Waals surface area (Å²) < 4.78 is 25.9. The third kappa shape index (κ3) is 2.59. The van der Waals surface area contributed by atoms with Crippen molar-refractivity contribution in [2.45, 2.75) is 10.3 Å². The van der Waals surface area contributed by atoms with E-state index in [1.807, 2.05) is 18.2 Å². The van der Waals surface area contributed by atoms with Gasteiger partial charge in [0.25, 0.3) is 0 Å². The predicted molar refractivity (Wildman–Crippen MR) is 57.4 cm³/mol. The summed E-state index contributed by atoms with van der Waals surface area (Å²) >= 11 is 1.31. The monoisotopic (exact) mass is 225 g/mol. The van der Waals surface area contributed by atoms with Crippen LogP contribution in [0.4, 0.5) is 8.78 Å². The van der Waals surface area contributed by atoms with Crippen molar-refractivity contribution in [1.82, 2.24) is 5.32 Å². The van der Waals surface area contributed by atoms with E-state index < -0.39 is 11.6 Å². The molecule has 0 saturated carbocycles. The first-order chi connectivity index (χ1) is 7.25. The van der Waals surface area contributed by atoms with Crippen LogP contribution < -0.4 is 5.32 Å². The first kappa shape index (κ1) is 10.2. The summed E-state index contributed by atoms with van der Waals surface area (Å²) in [6.45, 7) is 0.